The van der Waals surface area contributed by atoms with Crippen LogP contribution in [-0.4, -0.2) is 115 Å². The smallest absolute Gasteiger partial charge is 0.471 e. The molecule has 0 aromatic carbocycles. The van der Waals surface area contributed by atoms with Crippen LogP contribution < -0.4 is 32.6 Å². The zero-order valence-corrected chi connectivity index (χ0v) is 23.8. The van der Waals surface area contributed by atoms with E-state index in [0.29, 0.717) is 6.92 Å². The van der Waals surface area contributed by atoms with Gasteiger partial charge < -0.3 is 29.9 Å². The minimum absolute atomic E-state index is 0.521. The topological polar surface area (TPSA) is 503 Å². The molecular weight excluding hydrogens is 716 g/mol. The van der Waals surface area contributed by atoms with Gasteiger partial charge in [0.1, 0.15) is 0 Å². The Morgan fingerprint density at radius 2 is 0.800 bits per heavy atom. The molecule has 0 radical (unpaired) electrons. The lowest BCUT2D eigenvalue weighted by atomic mass is 10.3. The van der Waals surface area contributed by atoms with Crippen molar-refractivity contribution in [2.45, 2.75) is 25.4 Å². The number of rotatable bonds is 7. The van der Waals surface area contributed by atoms with Gasteiger partial charge in [0.15, 0.2) is 0 Å². The standard InChI is InChI=1S/C11H10N8O16.C3H6O4.C2N2O2.H2O2/c1-11(4(22)23,30-5(24)16-18-9(28)34-32-7(26)14-12-2-20)31-6(25)17-19-10(29)35-33-8(27)15-13-3-21;1-3(6,7)2(4)5;5-1-3-4-2-6;1-2/h1H3,(H,14,26)(H,15,27)(H,16,24)(H,17,25)(H,18,28)(H,19,29)(H,22,23);6-7H,1H3,(H,4,5);;1-2H. The second-order valence-electron chi connectivity index (χ2n) is 6.35. The number of carbonyl (C=O) groups is 8. The van der Waals surface area contributed by atoms with Gasteiger partial charge in [0, 0.05) is 13.8 Å². The van der Waals surface area contributed by atoms with E-state index in [-0.39, 0.29) is 0 Å². The van der Waals surface area contributed by atoms with E-state index in [9.17, 15) is 47.9 Å². The molecule has 6 amide bonds. The van der Waals surface area contributed by atoms with Crippen molar-refractivity contribution < 1.29 is 117 Å². The van der Waals surface area contributed by atoms with Crippen molar-refractivity contribution in [1.29, 1.82) is 0 Å². The largest absolute Gasteiger partial charge is 0.477 e. The predicted molar refractivity (Wildman–Crippen MR) is 132 cm³/mol. The first-order valence-corrected chi connectivity index (χ1v) is 10.6. The molecule has 276 valence electrons. The van der Waals surface area contributed by atoms with Crippen LogP contribution in [0.25, 0.3) is 0 Å². The quantitative estimate of drug-likeness (QED) is 0.0386. The van der Waals surface area contributed by atoms with E-state index < -0.39 is 60.1 Å². The normalized spacial score (nSPS) is 9.56. The summed E-state index contributed by atoms with van der Waals surface area (Å²) in [5.74, 6) is -9.40. The Morgan fingerprint density at radius 1 is 0.520 bits per heavy atom. The summed E-state index contributed by atoms with van der Waals surface area (Å²) < 4.78 is 8.56. The molecule has 0 atom stereocenters. The highest BCUT2D eigenvalue weighted by atomic mass is 17.2. The lowest BCUT2D eigenvalue weighted by Gasteiger charge is -2.24. The first-order valence-electron chi connectivity index (χ1n) is 10.6. The van der Waals surface area contributed by atoms with Crippen molar-refractivity contribution in [1.82, 2.24) is 32.6 Å². The fraction of sp³-hybridized carbons (Fsp3) is 0.250. The number of aliphatic hydroxyl groups is 2. The summed E-state index contributed by atoms with van der Waals surface area (Å²) >= 11 is 0. The molecule has 0 heterocycles. The maximum Gasteiger partial charge on any atom is 0.471 e. The molecule has 0 saturated heterocycles. The summed E-state index contributed by atoms with van der Waals surface area (Å²) in [6.45, 7) is 1.29. The molecule has 34 nitrogen and oxygen atoms in total. The SMILES string of the molecule is CC(O)(O)C(=O)O.CC(OC(=O)NNC(=O)OOC(=O)NN=C=O)(OC(=O)NNC(=O)OOC(=O)NN=C=O)C(=O)O.O=C=NN=C=O.OO. The summed E-state index contributed by atoms with van der Waals surface area (Å²) in [7, 11) is 0. The monoisotopic (exact) mass is 734 g/mol. The van der Waals surface area contributed by atoms with Gasteiger partial charge in [-0.1, -0.05) is 20.4 Å². The number of carboxylic acids is 2. The molecule has 50 heavy (non-hydrogen) atoms. The summed E-state index contributed by atoms with van der Waals surface area (Å²) in [4.78, 5) is 140. The second kappa shape index (κ2) is 28.4. The lowest BCUT2D eigenvalue weighted by molar-refractivity contribution is -0.197. The number of ether oxygens (including phenoxy) is 2. The van der Waals surface area contributed by atoms with Crippen LogP contribution >= 0.6 is 0 Å². The minimum atomic E-state index is -3.09. The Hall–Kier alpha value is -8.08. The van der Waals surface area contributed by atoms with Crippen molar-refractivity contribution in [3.8, 4) is 0 Å². The number of isocyanates is 4. The number of nitrogens with one attached hydrogen (secondary N) is 6. The van der Waals surface area contributed by atoms with E-state index in [2.05, 4.69) is 49.4 Å². The maximum absolute atomic E-state index is 11.6. The third kappa shape index (κ3) is 30.0. The molecule has 0 fully saturated rings. The molecule has 0 aliphatic heterocycles. The highest BCUT2D eigenvalue weighted by Crippen LogP contribution is 2.13. The number of nitrogens with zero attached hydrogens (tertiary/aromatic N) is 4. The molecule has 0 bridgehead atoms. The predicted octanol–water partition coefficient (Wildman–Crippen LogP) is -4.33. The fourth-order valence-electron chi connectivity index (χ4n) is 1.13. The number of hydrogen-bond acceptors (Lipinski definition) is 26. The van der Waals surface area contributed by atoms with Crippen LogP contribution in [-0.2, 0) is 57.8 Å². The third-order valence-electron chi connectivity index (χ3n) is 2.81. The zero-order valence-electron chi connectivity index (χ0n) is 23.8. The van der Waals surface area contributed by atoms with Gasteiger partial charge in [0.05, 0.1) is 0 Å². The van der Waals surface area contributed by atoms with Crippen molar-refractivity contribution in [2.24, 2.45) is 20.4 Å². The van der Waals surface area contributed by atoms with Gasteiger partial charge >= 0.3 is 54.3 Å². The van der Waals surface area contributed by atoms with Crippen LogP contribution in [0.15, 0.2) is 20.4 Å². The van der Waals surface area contributed by atoms with Crippen molar-refractivity contribution in [2.75, 3.05) is 0 Å². The maximum atomic E-state index is 11.6. The van der Waals surface area contributed by atoms with Crippen LogP contribution in [0, 0.1) is 0 Å². The summed E-state index contributed by atoms with van der Waals surface area (Å²) in [6.07, 6.45) is -6.23. The van der Waals surface area contributed by atoms with Gasteiger partial charge in [-0.15, -0.1) is 0 Å². The molecule has 0 aromatic heterocycles. The van der Waals surface area contributed by atoms with Gasteiger partial charge in [-0.25, -0.2) is 98.8 Å². The van der Waals surface area contributed by atoms with Gasteiger partial charge in [0.25, 0.3) is 30.1 Å². The first kappa shape index (κ1) is 48.8. The molecule has 0 unspecified atom stereocenters. The van der Waals surface area contributed by atoms with Gasteiger partial charge in [-0.05, 0) is 0 Å². The number of hydrazone groups is 2. The molecule has 0 aliphatic carbocycles. The number of carboxylic acid groups (broad SMARTS) is 2. The Morgan fingerprint density at radius 3 is 1.04 bits per heavy atom. The average molecular weight is 734 g/mol. The van der Waals surface area contributed by atoms with Gasteiger partial charge in [-0.3, -0.25) is 10.5 Å². The molecule has 12 N–H and O–H groups in total. The van der Waals surface area contributed by atoms with Crippen molar-refractivity contribution in [3.63, 3.8) is 0 Å². The lowest BCUT2D eigenvalue weighted by Crippen LogP contribution is -2.53. The first-order chi connectivity index (χ1) is 23.3. The molecular formula is C16H18N10O24. The Labute approximate surface area is 269 Å². The van der Waals surface area contributed by atoms with E-state index in [1.165, 1.54) is 32.6 Å². The van der Waals surface area contributed by atoms with Crippen LogP contribution in [0.4, 0.5) is 28.8 Å². The molecule has 0 spiro atoms. The molecule has 34 heteroatoms. The number of amides is 6. The van der Waals surface area contributed by atoms with Gasteiger partial charge in [-0.2, -0.15) is 10.9 Å². The molecule has 0 aliphatic rings. The van der Waals surface area contributed by atoms with Crippen LogP contribution in [0.3, 0.4) is 0 Å². The van der Waals surface area contributed by atoms with Crippen molar-refractivity contribution in [3.05, 3.63) is 0 Å². The fourth-order valence-corrected chi connectivity index (χ4v) is 1.13. The number of hydrogen-bond donors (Lipinski definition) is 12. The third-order valence-corrected chi connectivity index (χ3v) is 2.81. The zero-order chi connectivity index (χ0) is 39.8. The van der Waals surface area contributed by atoms with Crippen LogP contribution in [0.1, 0.15) is 13.8 Å². The van der Waals surface area contributed by atoms with E-state index in [4.69, 9.17) is 40.5 Å². The van der Waals surface area contributed by atoms with Crippen LogP contribution in [0.5, 0.6) is 0 Å². The Kier molecular flexibility index (Phi) is 27.7. The number of aliphatic carboxylic acids is 2. The van der Waals surface area contributed by atoms with E-state index in [1.807, 2.05) is 0 Å². The summed E-state index contributed by atoms with van der Waals surface area (Å²) in [5, 5.41) is 55.0. The summed E-state index contributed by atoms with van der Waals surface area (Å²) in [5.41, 5.74) is 8.32. The molecule has 0 rings (SSSR count). The van der Waals surface area contributed by atoms with Crippen molar-refractivity contribution >= 4 is 72.8 Å². The van der Waals surface area contributed by atoms with E-state index in [0.717, 1.165) is 31.2 Å². The Bertz CT molecular complexity index is 1300. The number of hydrazine groups is 2. The van der Waals surface area contributed by atoms with E-state index in [1.54, 1.807) is 0 Å². The highest BCUT2D eigenvalue weighted by molar-refractivity contribution is 5.83. The average Bonchev–Trinajstić information content (AvgIpc) is 3.05. The molecule has 0 aromatic rings. The highest BCUT2D eigenvalue weighted by Gasteiger charge is 2.42. The molecule has 0 saturated carbocycles. The summed E-state index contributed by atoms with van der Waals surface area (Å²) in [6, 6.07) is 0. The Balaban J connectivity index is -0.000000584. The number of carbonyl (C=O) groups excluding carboxylic acids is 10. The van der Waals surface area contributed by atoms with Gasteiger partial charge in [0.2, 0.25) is 0 Å². The second-order valence-corrected chi connectivity index (χ2v) is 6.35. The van der Waals surface area contributed by atoms with E-state index >= 15 is 0 Å². The minimum Gasteiger partial charge on any atom is -0.477 e. The van der Waals surface area contributed by atoms with Crippen LogP contribution in [0.2, 0.25) is 0 Å².